The zero-order valence-corrected chi connectivity index (χ0v) is 10.9. The Morgan fingerprint density at radius 1 is 1.50 bits per heavy atom. The highest BCUT2D eigenvalue weighted by Gasteiger charge is 2.28. The third-order valence-corrected chi connectivity index (χ3v) is 3.82. The lowest BCUT2D eigenvalue weighted by molar-refractivity contribution is -0.137. The molecule has 1 atom stereocenters. The van der Waals surface area contributed by atoms with Crippen LogP contribution < -0.4 is 0 Å². The molecule has 1 aliphatic rings. The minimum absolute atomic E-state index is 0.0454. The lowest BCUT2D eigenvalue weighted by atomic mass is 9.97. The molecular formula is C12H16N2O3S. The van der Waals surface area contributed by atoms with E-state index in [1.54, 1.807) is 15.8 Å². The Hall–Kier alpha value is -1.43. The van der Waals surface area contributed by atoms with Gasteiger partial charge in [0, 0.05) is 24.4 Å². The summed E-state index contributed by atoms with van der Waals surface area (Å²) in [6.45, 7) is 0.709. The molecule has 18 heavy (non-hydrogen) atoms. The number of aliphatic carboxylic acids is 1. The average Bonchev–Trinajstić information content (AvgIpc) is 2.89. The van der Waals surface area contributed by atoms with E-state index in [9.17, 15) is 9.59 Å². The quantitative estimate of drug-likeness (QED) is 0.906. The summed E-state index contributed by atoms with van der Waals surface area (Å²) in [5.74, 6) is -0.868. The van der Waals surface area contributed by atoms with E-state index in [4.69, 9.17) is 5.11 Å². The van der Waals surface area contributed by atoms with Crippen molar-refractivity contribution < 1.29 is 14.7 Å². The Balaban J connectivity index is 2.03. The van der Waals surface area contributed by atoms with E-state index in [1.807, 2.05) is 0 Å². The van der Waals surface area contributed by atoms with Crippen LogP contribution in [0, 0.1) is 0 Å². The van der Waals surface area contributed by atoms with Crippen LogP contribution in [0.5, 0.6) is 0 Å². The Morgan fingerprint density at radius 2 is 2.33 bits per heavy atom. The fraction of sp³-hybridized carbons (Fsp3) is 0.583. The Kier molecular flexibility index (Phi) is 4.30. The molecule has 1 aromatic heterocycles. The molecule has 0 unspecified atom stereocenters. The minimum atomic E-state index is -0.804. The number of likely N-dealkylation sites (tertiary alicyclic amines) is 1. The smallest absolute Gasteiger partial charge is 0.303 e. The van der Waals surface area contributed by atoms with Gasteiger partial charge in [0.2, 0.25) is 0 Å². The van der Waals surface area contributed by atoms with Gasteiger partial charge in [0.15, 0.2) is 0 Å². The summed E-state index contributed by atoms with van der Waals surface area (Å²) in [7, 11) is 0. The van der Waals surface area contributed by atoms with Crippen molar-refractivity contribution >= 4 is 23.2 Å². The first kappa shape index (κ1) is 13.0. The van der Waals surface area contributed by atoms with Gasteiger partial charge < -0.3 is 10.0 Å². The highest BCUT2D eigenvalue weighted by atomic mass is 32.1. The summed E-state index contributed by atoms with van der Waals surface area (Å²) >= 11 is 1.40. The molecular weight excluding hydrogens is 252 g/mol. The second-order valence-electron chi connectivity index (χ2n) is 4.45. The summed E-state index contributed by atoms with van der Waals surface area (Å²) in [6, 6.07) is 0.0454. The van der Waals surface area contributed by atoms with Crippen molar-refractivity contribution in [2.75, 3.05) is 6.54 Å². The molecule has 0 radical (unpaired) electrons. The van der Waals surface area contributed by atoms with Crippen molar-refractivity contribution in [1.82, 2.24) is 9.88 Å². The number of hydrogen-bond donors (Lipinski definition) is 1. The maximum absolute atomic E-state index is 12.2. The van der Waals surface area contributed by atoms with Crippen molar-refractivity contribution in [1.29, 1.82) is 0 Å². The molecule has 0 aliphatic carbocycles. The van der Waals surface area contributed by atoms with E-state index >= 15 is 0 Å². The second kappa shape index (κ2) is 5.95. The first-order valence-electron chi connectivity index (χ1n) is 6.09. The van der Waals surface area contributed by atoms with E-state index in [1.165, 1.54) is 11.3 Å². The van der Waals surface area contributed by atoms with Gasteiger partial charge in [0.1, 0.15) is 5.69 Å². The van der Waals surface area contributed by atoms with Crippen LogP contribution in [-0.2, 0) is 4.79 Å². The van der Waals surface area contributed by atoms with Crippen molar-refractivity contribution in [3.05, 3.63) is 16.6 Å². The van der Waals surface area contributed by atoms with Crippen molar-refractivity contribution in [2.24, 2.45) is 0 Å². The van der Waals surface area contributed by atoms with Gasteiger partial charge in [-0.3, -0.25) is 9.59 Å². The van der Waals surface area contributed by atoms with Gasteiger partial charge in [-0.25, -0.2) is 4.98 Å². The molecule has 1 saturated heterocycles. The van der Waals surface area contributed by atoms with Gasteiger partial charge in [-0.1, -0.05) is 0 Å². The van der Waals surface area contributed by atoms with Crippen molar-refractivity contribution in [3.63, 3.8) is 0 Å². The predicted molar refractivity (Wildman–Crippen MR) is 67.7 cm³/mol. The summed E-state index contributed by atoms with van der Waals surface area (Å²) < 4.78 is 0. The number of amides is 1. The lowest BCUT2D eigenvalue weighted by Gasteiger charge is -2.35. The Labute approximate surface area is 109 Å². The molecule has 1 aliphatic heterocycles. The number of carbonyl (C=O) groups is 2. The maximum Gasteiger partial charge on any atom is 0.303 e. The molecule has 1 aromatic rings. The fourth-order valence-corrected chi connectivity index (χ4v) is 2.85. The molecule has 1 amide bonds. The summed E-state index contributed by atoms with van der Waals surface area (Å²) in [5, 5.41) is 10.5. The highest BCUT2D eigenvalue weighted by molar-refractivity contribution is 7.07. The van der Waals surface area contributed by atoms with Crippen LogP contribution >= 0.6 is 11.3 Å². The highest BCUT2D eigenvalue weighted by Crippen LogP contribution is 2.23. The minimum Gasteiger partial charge on any atom is -0.481 e. The third-order valence-electron chi connectivity index (χ3n) is 3.23. The van der Waals surface area contributed by atoms with Gasteiger partial charge in [0.05, 0.1) is 5.51 Å². The largest absolute Gasteiger partial charge is 0.481 e. The van der Waals surface area contributed by atoms with Gasteiger partial charge in [0.25, 0.3) is 5.91 Å². The standard InChI is InChI=1S/C12H16N2O3S/c15-11(16)5-4-9-3-1-2-6-14(9)12(17)10-7-18-8-13-10/h7-9H,1-6H2,(H,15,16)/t9-/m0/s1. The van der Waals surface area contributed by atoms with Crippen LogP contribution in [0.2, 0.25) is 0 Å². The van der Waals surface area contributed by atoms with Gasteiger partial charge in [-0.2, -0.15) is 0 Å². The number of nitrogens with zero attached hydrogens (tertiary/aromatic N) is 2. The molecule has 98 valence electrons. The van der Waals surface area contributed by atoms with Crippen LogP contribution in [0.25, 0.3) is 0 Å². The summed E-state index contributed by atoms with van der Waals surface area (Å²) in [4.78, 5) is 28.7. The number of piperidine rings is 1. The van der Waals surface area contributed by atoms with Crippen molar-refractivity contribution in [2.45, 2.75) is 38.1 Å². The fourth-order valence-electron chi connectivity index (χ4n) is 2.32. The Bertz CT molecular complexity index is 419. The lowest BCUT2D eigenvalue weighted by Crippen LogP contribution is -2.44. The maximum atomic E-state index is 12.2. The van der Waals surface area contributed by atoms with Gasteiger partial charge >= 0.3 is 5.97 Å². The molecule has 2 rings (SSSR count). The van der Waals surface area contributed by atoms with Crippen molar-refractivity contribution in [3.8, 4) is 0 Å². The molecule has 5 nitrogen and oxygen atoms in total. The van der Waals surface area contributed by atoms with Gasteiger partial charge in [-0.05, 0) is 25.7 Å². The predicted octanol–water partition coefficient (Wildman–Crippen LogP) is 2.00. The first-order valence-corrected chi connectivity index (χ1v) is 7.03. The van der Waals surface area contributed by atoms with E-state index in [2.05, 4.69) is 4.98 Å². The van der Waals surface area contributed by atoms with Crippen LogP contribution in [0.4, 0.5) is 0 Å². The molecule has 1 N–H and O–H groups in total. The number of carbonyl (C=O) groups excluding carboxylic acids is 1. The topological polar surface area (TPSA) is 70.5 Å². The molecule has 2 heterocycles. The number of carboxylic acids is 1. The van der Waals surface area contributed by atoms with Crippen LogP contribution in [-0.4, -0.2) is 39.5 Å². The van der Waals surface area contributed by atoms with Crippen LogP contribution in [0.1, 0.15) is 42.6 Å². The molecule has 6 heteroatoms. The van der Waals surface area contributed by atoms with E-state index < -0.39 is 5.97 Å². The normalized spacial score (nSPS) is 19.8. The number of aromatic nitrogens is 1. The van der Waals surface area contributed by atoms with Crippen LogP contribution in [0.3, 0.4) is 0 Å². The Morgan fingerprint density at radius 3 is 3.00 bits per heavy atom. The number of carboxylic acid groups (broad SMARTS) is 1. The molecule has 0 bridgehead atoms. The van der Waals surface area contributed by atoms with E-state index in [0.29, 0.717) is 18.7 Å². The zero-order valence-electron chi connectivity index (χ0n) is 10.0. The summed E-state index contributed by atoms with van der Waals surface area (Å²) in [5.41, 5.74) is 2.12. The first-order chi connectivity index (χ1) is 8.68. The van der Waals surface area contributed by atoms with Crippen LogP contribution in [0.15, 0.2) is 10.9 Å². The molecule has 1 fully saturated rings. The van der Waals surface area contributed by atoms with E-state index in [-0.39, 0.29) is 18.4 Å². The number of hydrogen-bond acceptors (Lipinski definition) is 4. The SMILES string of the molecule is O=C(O)CC[C@@H]1CCCCN1C(=O)c1cscn1. The second-order valence-corrected chi connectivity index (χ2v) is 5.17. The monoisotopic (exact) mass is 268 g/mol. The summed E-state index contributed by atoms with van der Waals surface area (Å²) in [6.07, 6.45) is 3.59. The number of thiazole rings is 1. The average molecular weight is 268 g/mol. The number of rotatable bonds is 4. The van der Waals surface area contributed by atoms with E-state index in [0.717, 1.165) is 19.3 Å². The zero-order chi connectivity index (χ0) is 13.0. The molecule has 0 aromatic carbocycles. The third kappa shape index (κ3) is 3.07. The molecule has 0 saturated carbocycles. The van der Waals surface area contributed by atoms with Gasteiger partial charge in [-0.15, -0.1) is 11.3 Å². The molecule has 0 spiro atoms.